The van der Waals surface area contributed by atoms with E-state index in [1.54, 1.807) is 12.1 Å². The molecule has 0 nitrogen and oxygen atoms in total. The highest BCUT2D eigenvalue weighted by atomic mass is 19.4. The average Bonchev–Trinajstić information content (AvgIpc) is 3.07. The van der Waals surface area contributed by atoms with E-state index in [-0.39, 0.29) is 0 Å². The molecule has 210 valence electrons. The number of rotatable bonds is 4. The Kier molecular flexibility index (Phi) is 6.02. The van der Waals surface area contributed by atoms with Gasteiger partial charge in [-0.25, -0.2) is 0 Å². The van der Waals surface area contributed by atoms with Gasteiger partial charge in [-0.05, 0) is 101 Å². The van der Waals surface area contributed by atoms with Gasteiger partial charge in [0.05, 0.1) is 5.56 Å². The summed E-state index contributed by atoms with van der Waals surface area (Å²) in [7, 11) is 0. The molecular weight excluding hydrogens is 549 g/mol. The molecule has 44 heavy (non-hydrogen) atoms. The molecule has 8 rings (SSSR count). The number of halogens is 3. The second-order valence-electron chi connectivity index (χ2n) is 11.2. The first-order valence-corrected chi connectivity index (χ1v) is 14.6. The maximum Gasteiger partial charge on any atom is 0.416 e. The third kappa shape index (κ3) is 4.24. The largest absolute Gasteiger partial charge is 0.416 e. The molecule has 0 spiro atoms. The zero-order valence-corrected chi connectivity index (χ0v) is 23.6. The SMILES string of the molecule is FC(F)(F)c1ccc(-c2cc(-c3ccccc3)c3ccc4c(-c5ccccc5)cc(-c5ccccc5)c5ccc2c3c45)cc1. The van der Waals surface area contributed by atoms with Crippen LogP contribution in [0.15, 0.2) is 152 Å². The van der Waals surface area contributed by atoms with Crippen molar-refractivity contribution in [2.24, 2.45) is 0 Å². The van der Waals surface area contributed by atoms with E-state index in [9.17, 15) is 13.2 Å². The average molecular weight is 575 g/mol. The molecule has 0 atom stereocenters. The summed E-state index contributed by atoms with van der Waals surface area (Å²) < 4.78 is 40.5. The van der Waals surface area contributed by atoms with Crippen LogP contribution in [-0.2, 0) is 6.18 Å². The third-order valence-corrected chi connectivity index (χ3v) is 8.68. The van der Waals surface area contributed by atoms with Crippen LogP contribution in [0.2, 0.25) is 0 Å². The van der Waals surface area contributed by atoms with E-state index in [0.717, 1.165) is 76.8 Å². The molecule has 0 unspecified atom stereocenters. The van der Waals surface area contributed by atoms with E-state index in [4.69, 9.17) is 0 Å². The van der Waals surface area contributed by atoms with Crippen LogP contribution in [0.25, 0.3) is 76.8 Å². The van der Waals surface area contributed by atoms with Crippen LogP contribution in [0, 0.1) is 0 Å². The number of hydrogen-bond donors (Lipinski definition) is 0. The predicted octanol–water partition coefficient (Wildman–Crippen LogP) is 12.3. The van der Waals surface area contributed by atoms with Gasteiger partial charge < -0.3 is 0 Å². The highest BCUT2D eigenvalue weighted by Crippen LogP contribution is 2.48. The van der Waals surface area contributed by atoms with Crippen LogP contribution in [0.3, 0.4) is 0 Å². The number of benzene rings is 8. The Hall–Kier alpha value is -5.41. The maximum atomic E-state index is 13.5. The molecule has 0 amide bonds. The van der Waals surface area contributed by atoms with Crippen molar-refractivity contribution in [3.63, 3.8) is 0 Å². The number of hydrogen-bond acceptors (Lipinski definition) is 0. The van der Waals surface area contributed by atoms with Crippen LogP contribution in [0.4, 0.5) is 13.2 Å². The minimum atomic E-state index is -4.39. The molecule has 0 aromatic heterocycles. The molecule has 0 aliphatic rings. The lowest BCUT2D eigenvalue weighted by atomic mass is 9.82. The molecular formula is C41H25F3. The predicted molar refractivity (Wildman–Crippen MR) is 177 cm³/mol. The fourth-order valence-electron chi connectivity index (χ4n) is 6.64. The molecule has 8 aromatic carbocycles. The van der Waals surface area contributed by atoms with Gasteiger partial charge in [0.15, 0.2) is 0 Å². The van der Waals surface area contributed by atoms with Crippen LogP contribution in [0.1, 0.15) is 5.56 Å². The minimum absolute atomic E-state index is 0.651. The highest BCUT2D eigenvalue weighted by molar-refractivity contribution is 6.31. The van der Waals surface area contributed by atoms with Crippen molar-refractivity contribution in [2.75, 3.05) is 0 Å². The summed E-state index contributed by atoms with van der Waals surface area (Å²) in [5.74, 6) is 0. The molecule has 0 radical (unpaired) electrons. The van der Waals surface area contributed by atoms with Crippen molar-refractivity contribution in [1.82, 2.24) is 0 Å². The standard InChI is InChI=1S/C41H25F3/c42-41(43,44)30-18-16-29(17-19-30)38-25-37(28-14-8-3-9-15-28)33-21-20-31-35(26-10-4-1-5-11-26)24-36(27-12-6-2-7-13-27)32-22-23-34(38)40(33)39(31)32/h1-25H. The van der Waals surface area contributed by atoms with E-state index >= 15 is 0 Å². The first-order valence-electron chi connectivity index (χ1n) is 14.6. The smallest absolute Gasteiger partial charge is 0.166 e. The molecule has 0 heterocycles. The first kappa shape index (κ1) is 26.2. The van der Waals surface area contributed by atoms with E-state index in [1.807, 2.05) is 30.3 Å². The summed E-state index contributed by atoms with van der Waals surface area (Å²) in [6.45, 7) is 0. The molecule has 0 aliphatic carbocycles. The van der Waals surface area contributed by atoms with Gasteiger partial charge >= 0.3 is 6.18 Å². The fourth-order valence-corrected chi connectivity index (χ4v) is 6.64. The zero-order chi connectivity index (χ0) is 29.8. The van der Waals surface area contributed by atoms with E-state index < -0.39 is 11.7 Å². The summed E-state index contributed by atoms with van der Waals surface area (Å²) in [6.07, 6.45) is -4.39. The van der Waals surface area contributed by atoms with Gasteiger partial charge in [-0.1, -0.05) is 127 Å². The van der Waals surface area contributed by atoms with Crippen molar-refractivity contribution in [3.05, 3.63) is 157 Å². The quantitative estimate of drug-likeness (QED) is 0.183. The van der Waals surface area contributed by atoms with E-state index in [2.05, 4.69) is 97.1 Å². The zero-order valence-electron chi connectivity index (χ0n) is 23.6. The Morgan fingerprint density at radius 2 is 0.614 bits per heavy atom. The Bertz CT molecular complexity index is 2210. The summed E-state index contributed by atoms with van der Waals surface area (Å²) in [4.78, 5) is 0. The van der Waals surface area contributed by atoms with Crippen LogP contribution in [0.5, 0.6) is 0 Å². The summed E-state index contributed by atoms with van der Waals surface area (Å²) in [5, 5.41) is 6.70. The lowest BCUT2D eigenvalue weighted by molar-refractivity contribution is -0.137. The molecule has 0 aliphatic heterocycles. The van der Waals surface area contributed by atoms with Crippen molar-refractivity contribution >= 4 is 32.3 Å². The van der Waals surface area contributed by atoms with Gasteiger partial charge in [0, 0.05) is 0 Å². The molecule has 0 bridgehead atoms. The van der Waals surface area contributed by atoms with E-state index in [0.29, 0.717) is 0 Å². The van der Waals surface area contributed by atoms with Crippen LogP contribution >= 0.6 is 0 Å². The monoisotopic (exact) mass is 574 g/mol. The molecule has 0 saturated carbocycles. The van der Waals surface area contributed by atoms with Crippen molar-refractivity contribution in [1.29, 1.82) is 0 Å². The normalized spacial score (nSPS) is 12.0. The Morgan fingerprint density at radius 1 is 0.318 bits per heavy atom. The lowest BCUT2D eigenvalue weighted by Gasteiger charge is -2.21. The lowest BCUT2D eigenvalue weighted by Crippen LogP contribution is -2.04. The second kappa shape index (κ2) is 10.1. The second-order valence-corrected chi connectivity index (χ2v) is 11.2. The first-order chi connectivity index (χ1) is 21.5. The van der Waals surface area contributed by atoms with Crippen LogP contribution < -0.4 is 0 Å². The van der Waals surface area contributed by atoms with E-state index in [1.165, 1.54) is 12.1 Å². The van der Waals surface area contributed by atoms with Crippen LogP contribution in [-0.4, -0.2) is 0 Å². The summed E-state index contributed by atoms with van der Waals surface area (Å²) >= 11 is 0. The van der Waals surface area contributed by atoms with Gasteiger partial charge in [0.1, 0.15) is 0 Å². The summed E-state index contributed by atoms with van der Waals surface area (Å²) in [6, 6.07) is 49.8. The minimum Gasteiger partial charge on any atom is -0.166 e. The molecule has 8 aromatic rings. The Morgan fingerprint density at radius 3 is 0.909 bits per heavy atom. The highest BCUT2D eigenvalue weighted by Gasteiger charge is 2.30. The number of alkyl halides is 3. The fraction of sp³-hybridized carbons (Fsp3) is 0.0244. The third-order valence-electron chi connectivity index (χ3n) is 8.68. The molecule has 3 heteroatoms. The topological polar surface area (TPSA) is 0 Å². The molecule has 0 N–H and O–H groups in total. The van der Waals surface area contributed by atoms with Gasteiger partial charge in [-0.3, -0.25) is 0 Å². The van der Waals surface area contributed by atoms with Gasteiger partial charge in [0.25, 0.3) is 0 Å². The summed E-state index contributed by atoms with van der Waals surface area (Å²) in [5.41, 5.74) is 7.68. The van der Waals surface area contributed by atoms with Crippen molar-refractivity contribution in [2.45, 2.75) is 6.18 Å². The Labute approximate surface area is 253 Å². The van der Waals surface area contributed by atoms with Gasteiger partial charge in [0.2, 0.25) is 0 Å². The molecule has 0 fully saturated rings. The Balaban J connectivity index is 1.54. The van der Waals surface area contributed by atoms with Crippen molar-refractivity contribution in [3.8, 4) is 44.5 Å². The maximum absolute atomic E-state index is 13.5. The van der Waals surface area contributed by atoms with Gasteiger partial charge in [-0.2, -0.15) is 13.2 Å². The van der Waals surface area contributed by atoms with Crippen molar-refractivity contribution < 1.29 is 13.2 Å². The van der Waals surface area contributed by atoms with Gasteiger partial charge in [-0.15, -0.1) is 0 Å². The molecule has 0 saturated heterocycles.